The highest BCUT2D eigenvalue weighted by Crippen LogP contribution is 2.39. The van der Waals surface area contributed by atoms with Crippen LogP contribution in [0.5, 0.6) is 5.75 Å². The Labute approximate surface area is 192 Å². The lowest BCUT2D eigenvalue weighted by molar-refractivity contribution is -0.130. The minimum Gasteiger partial charge on any atom is -0.506 e. The lowest BCUT2D eigenvalue weighted by Gasteiger charge is -2.30. The van der Waals surface area contributed by atoms with Crippen LogP contribution in [0.3, 0.4) is 0 Å². The summed E-state index contributed by atoms with van der Waals surface area (Å²) < 4.78 is 0. The maximum Gasteiger partial charge on any atom is 0.227 e. The van der Waals surface area contributed by atoms with Crippen molar-refractivity contribution in [3.8, 4) is 5.75 Å². The van der Waals surface area contributed by atoms with E-state index in [9.17, 15) is 9.90 Å². The summed E-state index contributed by atoms with van der Waals surface area (Å²) >= 11 is 6.30. The van der Waals surface area contributed by atoms with Crippen LogP contribution < -0.4 is 0 Å². The fraction of sp³-hybridized carbons (Fsp3) is 0.269. The van der Waals surface area contributed by atoms with Gasteiger partial charge < -0.3 is 10.0 Å². The molecule has 0 bridgehead atoms. The van der Waals surface area contributed by atoms with Crippen molar-refractivity contribution in [1.82, 2.24) is 14.9 Å². The van der Waals surface area contributed by atoms with E-state index in [1.54, 1.807) is 12.4 Å². The highest BCUT2D eigenvalue weighted by molar-refractivity contribution is 6.30. The number of piperidine rings is 1. The number of nitrogens with zero attached hydrogens (tertiary/aromatic N) is 3. The van der Waals surface area contributed by atoms with Gasteiger partial charge in [-0.2, -0.15) is 0 Å². The Morgan fingerprint density at radius 2 is 1.75 bits per heavy atom. The zero-order valence-corrected chi connectivity index (χ0v) is 18.5. The Morgan fingerprint density at radius 1 is 1.00 bits per heavy atom. The van der Waals surface area contributed by atoms with E-state index in [0.717, 1.165) is 58.7 Å². The molecule has 6 heteroatoms. The molecule has 0 saturated carbocycles. The van der Waals surface area contributed by atoms with Crippen molar-refractivity contribution in [3.63, 3.8) is 0 Å². The van der Waals surface area contributed by atoms with Crippen LogP contribution in [-0.4, -0.2) is 39.0 Å². The smallest absolute Gasteiger partial charge is 0.227 e. The molecule has 2 aliphatic rings. The van der Waals surface area contributed by atoms with Gasteiger partial charge in [-0.1, -0.05) is 23.2 Å². The van der Waals surface area contributed by atoms with Crippen LogP contribution in [0.15, 0.2) is 60.6 Å². The number of likely N-dealkylation sites (tertiary alicyclic amines) is 1. The van der Waals surface area contributed by atoms with Crippen LogP contribution in [0, 0.1) is 0 Å². The van der Waals surface area contributed by atoms with Crippen LogP contribution in [0.4, 0.5) is 0 Å². The van der Waals surface area contributed by atoms with Crippen molar-refractivity contribution in [2.45, 2.75) is 32.1 Å². The predicted molar refractivity (Wildman–Crippen MR) is 125 cm³/mol. The molecule has 1 saturated heterocycles. The second-order valence-electron chi connectivity index (χ2n) is 8.39. The van der Waals surface area contributed by atoms with Gasteiger partial charge in [0, 0.05) is 36.1 Å². The molecule has 1 aliphatic heterocycles. The number of rotatable bonds is 2. The van der Waals surface area contributed by atoms with E-state index in [1.165, 1.54) is 17.3 Å². The number of aromatic nitrogens is 2. The highest BCUT2D eigenvalue weighted by Gasteiger charge is 2.27. The number of halogens is 1. The lowest BCUT2D eigenvalue weighted by Crippen LogP contribution is -2.37. The molecule has 5 rings (SSSR count). The van der Waals surface area contributed by atoms with Gasteiger partial charge in [0.25, 0.3) is 0 Å². The van der Waals surface area contributed by atoms with Gasteiger partial charge >= 0.3 is 0 Å². The van der Waals surface area contributed by atoms with Gasteiger partial charge in [0.15, 0.2) is 0 Å². The van der Waals surface area contributed by atoms with E-state index in [2.05, 4.69) is 16.0 Å². The van der Waals surface area contributed by atoms with Crippen LogP contribution in [-0.2, 0) is 24.1 Å². The summed E-state index contributed by atoms with van der Waals surface area (Å²) in [4.78, 5) is 23.4. The summed E-state index contributed by atoms with van der Waals surface area (Å²) in [6.45, 7) is 1.39. The summed E-state index contributed by atoms with van der Waals surface area (Å²) in [5, 5.41) is 10.7. The molecule has 1 aliphatic carbocycles. The highest BCUT2D eigenvalue weighted by atomic mass is 35.5. The lowest BCUT2D eigenvalue weighted by atomic mass is 9.88. The maximum absolute atomic E-state index is 12.8. The molecule has 3 aromatic rings. The molecule has 0 atom stereocenters. The number of carbonyl (C=O) groups is 1. The van der Waals surface area contributed by atoms with E-state index >= 15 is 0 Å². The number of fused-ring (bicyclic) bond motifs is 2. The molecule has 1 fully saturated rings. The van der Waals surface area contributed by atoms with Crippen LogP contribution >= 0.6 is 11.6 Å². The van der Waals surface area contributed by atoms with Crippen LogP contribution in [0.25, 0.3) is 5.57 Å². The molecule has 0 spiro atoms. The second kappa shape index (κ2) is 8.75. The van der Waals surface area contributed by atoms with Gasteiger partial charge in [-0.15, -0.1) is 0 Å². The first-order chi connectivity index (χ1) is 15.6. The third-order valence-corrected chi connectivity index (χ3v) is 6.60. The van der Waals surface area contributed by atoms with Crippen molar-refractivity contribution in [1.29, 1.82) is 0 Å². The average molecular weight is 446 g/mol. The largest absolute Gasteiger partial charge is 0.506 e. The molecule has 0 radical (unpaired) electrons. The third-order valence-electron chi connectivity index (χ3n) is 6.37. The van der Waals surface area contributed by atoms with Crippen molar-refractivity contribution >= 4 is 23.1 Å². The molecule has 162 valence electrons. The minimum atomic E-state index is 0.150. The Balaban J connectivity index is 1.46. The first-order valence-electron chi connectivity index (χ1n) is 10.9. The molecule has 5 nitrogen and oxygen atoms in total. The molecular weight excluding hydrogens is 422 g/mol. The fourth-order valence-electron chi connectivity index (χ4n) is 4.74. The average Bonchev–Trinajstić information content (AvgIpc) is 2.96. The zero-order valence-electron chi connectivity index (χ0n) is 17.7. The van der Waals surface area contributed by atoms with Crippen LogP contribution in [0.2, 0.25) is 5.02 Å². The molecule has 0 unspecified atom stereocenters. The van der Waals surface area contributed by atoms with Gasteiger partial charge in [0.2, 0.25) is 5.91 Å². The Hall–Kier alpha value is -3.18. The number of benzene rings is 1. The van der Waals surface area contributed by atoms with E-state index in [-0.39, 0.29) is 11.7 Å². The first kappa shape index (κ1) is 20.7. The summed E-state index contributed by atoms with van der Waals surface area (Å²) in [5.41, 5.74) is 7.80. The van der Waals surface area contributed by atoms with Crippen LogP contribution in [0.1, 0.15) is 40.8 Å². The quantitative estimate of drug-likeness (QED) is 0.626. The third kappa shape index (κ3) is 4.13. The molecule has 1 aromatic carbocycles. The number of hydrogen-bond acceptors (Lipinski definition) is 4. The summed E-state index contributed by atoms with van der Waals surface area (Å²) in [7, 11) is 0. The molecule has 32 heavy (non-hydrogen) atoms. The summed E-state index contributed by atoms with van der Waals surface area (Å²) in [5.74, 6) is 0.338. The summed E-state index contributed by atoms with van der Waals surface area (Å²) in [6, 6.07) is 11.7. The van der Waals surface area contributed by atoms with E-state index in [1.807, 2.05) is 35.2 Å². The fourth-order valence-corrected chi connectivity index (χ4v) is 4.94. The van der Waals surface area contributed by atoms with E-state index in [0.29, 0.717) is 19.5 Å². The predicted octanol–water partition coefficient (Wildman–Crippen LogP) is 4.60. The zero-order chi connectivity index (χ0) is 22.1. The van der Waals surface area contributed by atoms with Gasteiger partial charge in [-0.25, -0.2) is 0 Å². The normalized spacial score (nSPS) is 15.7. The molecule has 2 aromatic heterocycles. The van der Waals surface area contributed by atoms with Crippen molar-refractivity contribution < 1.29 is 9.90 Å². The Kier molecular flexibility index (Phi) is 5.66. The van der Waals surface area contributed by atoms with E-state index < -0.39 is 0 Å². The van der Waals surface area contributed by atoms with Crippen molar-refractivity contribution in [3.05, 3.63) is 93.5 Å². The topological polar surface area (TPSA) is 66.3 Å². The molecule has 1 N–H and O–H groups in total. The Morgan fingerprint density at radius 3 is 2.53 bits per heavy atom. The summed E-state index contributed by atoms with van der Waals surface area (Å²) in [6.07, 6.45) is 8.63. The van der Waals surface area contributed by atoms with Gasteiger partial charge in [-0.05, 0) is 78.3 Å². The monoisotopic (exact) mass is 445 g/mol. The molecule has 1 amide bonds. The van der Waals surface area contributed by atoms with Gasteiger partial charge in [0.1, 0.15) is 5.75 Å². The number of aromatic hydroxyl groups is 1. The Bertz CT molecular complexity index is 1140. The van der Waals surface area contributed by atoms with E-state index in [4.69, 9.17) is 11.6 Å². The standard InChI is InChI=1S/C26H24ClN3O2/c27-21-3-4-23-19(14-21)1-2-20-15-22(31)16-29-26(20)25(23)18-7-11-30(12-8-18)24(32)13-17-5-9-28-10-6-17/h3-6,9-10,14-16,31H,1-2,7-8,11-13H2. The number of carbonyl (C=O) groups excluding carboxylic acids is 1. The number of aryl methyl sites for hydroxylation is 2. The van der Waals surface area contributed by atoms with Gasteiger partial charge in [0.05, 0.1) is 18.3 Å². The van der Waals surface area contributed by atoms with Crippen molar-refractivity contribution in [2.75, 3.05) is 13.1 Å². The molecule has 3 heterocycles. The number of hydrogen-bond donors (Lipinski definition) is 1. The minimum absolute atomic E-state index is 0.150. The first-order valence-corrected chi connectivity index (χ1v) is 11.3. The van der Waals surface area contributed by atoms with Gasteiger partial charge in [-0.3, -0.25) is 14.8 Å². The number of amides is 1. The maximum atomic E-state index is 12.8. The molecular formula is C26H24ClN3O2. The second-order valence-corrected chi connectivity index (χ2v) is 8.83. The number of pyridine rings is 2. The van der Waals surface area contributed by atoms with Crippen molar-refractivity contribution in [2.24, 2.45) is 0 Å². The SMILES string of the molecule is O=C(Cc1ccncc1)N1CCC(=C2c3ccc(Cl)cc3CCc3cc(O)cnc32)CC1.